The van der Waals surface area contributed by atoms with Gasteiger partial charge in [-0.15, -0.1) is 0 Å². The molecule has 0 aromatic heterocycles. The zero-order valence-corrected chi connectivity index (χ0v) is 22.3. The monoisotopic (exact) mass is 535 g/mol. The number of nitrogens with one attached hydrogen (secondary N) is 2. The molecule has 38 heavy (non-hydrogen) atoms. The molecule has 0 bridgehead atoms. The molecule has 2 N–H and O–H groups in total. The van der Waals surface area contributed by atoms with Crippen LogP contribution in [0.25, 0.3) is 0 Å². The summed E-state index contributed by atoms with van der Waals surface area (Å²) in [7, 11) is 2.03. The summed E-state index contributed by atoms with van der Waals surface area (Å²) in [5, 5.41) is 5.73. The Balaban J connectivity index is 1.68. The molecule has 0 aliphatic carbocycles. The number of amides is 4. The maximum Gasteiger partial charge on any atom is 0.416 e. The van der Waals surface area contributed by atoms with Crippen molar-refractivity contribution in [2.75, 3.05) is 33.2 Å². The largest absolute Gasteiger partial charge is 0.416 e. The summed E-state index contributed by atoms with van der Waals surface area (Å²) in [6.45, 7) is 7.58. The lowest BCUT2D eigenvalue weighted by Crippen LogP contribution is -2.53. The number of benzene rings is 1. The number of alkyl halides is 3. The second-order valence-electron chi connectivity index (χ2n) is 10.7. The van der Waals surface area contributed by atoms with Crippen LogP contribution in [0.1, 0.15) is 57.2 Å². The smallest absolute Gasteiger partial charge is 0.351 e. The predicted molar refractivity (Wildman–Crippen MR) is 136 cm³/mol. The van der Waals surface area contributed by atoms with E-state index in [0.717, 1.165) is 32.0 Å². The molecule has 3 aliphatic heterocycles. The fraction of sp³-hybridized carbons (Fsp3) is 0.593. The number of halogens is 3. The molecule has 4 amide bonds. The minimum atomic E-state index is -4.67. The van der Waals surface area contributed by atoms with Crippen molar-refractivity contribution >= 4 is 17.8 Å². The fourth-order valence-corrected chi connectivity index (χ4v) is 5.61. The number of nitrogens with zero attached hydrogens (tertiary/aromatic N) is 3. The Kier molecular flexibility index (Phi) is 8.06. The molecular formula is C27H36F3N5O3. The Morgan fingerprint density at radius 2 is 1.82 bits per heavy atom. The Morgan fingerprint density at radius 1 is 1.16 bits per heavy atom. The lowest BCUT2D eigenvalue weighted by Gasteiger charge is -2.34. The number of piperidine rings is 1. The van der Waals surface area contributed by atoms with Crippen molar-refractivity contribution in [2.24, 2.45) is 5.92 Å². The first-order chi connectivity index (χ1) is 17.9. The first-order valence-corrected chi connectivity index (χ1v) is 13.2. The molecule has 1 aromatic rings. The summed E-state index contributed by atoms with van der Waals surface area (Å²) in [5.41, 5.74) is -0.664. The maximum absolute atomic E-state index is 13.9. The molecule has 8 nitrogen and oxygen atoms in total. The molecular weight excluding hydrogens is 499 g/mol. The van der Waals surface area contributed by atoms with Crippen LogP contribution in [0.15, 0.2) is 35.5 Å². The van der Waals surface area contributed by atoms with E-state index in [1.165, 1.54) is 28.0 Å². The third kappa shape index (κ3) is 5.52. The van der Waals surface area contributed by atoms with E-state index < -0.39 is 35.8 Å². The van der Waals surface area contributed by atoms with Crippen LogP contribution in [0.5, 0.6) is 0 Å². The van der Waals surface area contributed by atoms with Crippen LogP contribution >= 0.6 is 0 Å². The number of carbonyl (C=O) groups excluding carboxylic acids is 3. The molecule has 0 radical (unpaired) electrons. The molecule has 2 atom stereocenters. The van der Waals surface area contributed by atoms with Gasteiger partial charge < -0.3 is 20.4 Å². The number of hydrogen-bond donors (Lipinski definition) is 2. The first kappa shape index (κ1) is 27.9. The van der Waals surface area contributed by atoms with Crippen LogP contribution in [0.4, 0.5) is 18.0 Å². The van der Waals surface area contributed by atoms with Gasteiger partial charge in [0.25, 0.3) is 5.91 Å². The van der Waals surface area contributed by atoms with Gasteiger partial charge in [0, 0.05) is 12.6 Å². The zero-order chi connectivity index (χ0) is 27.8. The third-order valence-corrected chi connectivity index (χ3v) is 7.58. The SMILES string of the molecule is CCN1C(=O)N[C@H](c2ccccc2C(F)(F)F)C2=C1CN([C@H](CC(C)C)C(=O)NC1CCN(C)CC1)C2=O. The van der Waals surface area contributed by atoms with Crippen LogP contribution < -0.4 is 10.6 Å². The number of likely N-dealkylation sites (N-methyl/N-ethyl adjacent to an activating group) is 1. The van der Waals surface area contributed by atoms with Gasteiger partial charge in [0.15, 0.2) is 0 Å². The second kappa shape index (κ2) is 11.0. The van der Waals surface area contributed by atoms with Crippen molar-refractivity contribution in [3.05, 3.63) is 46.7 Å². The summed E-state index contributed by atoms with van der Waals surface area (Å²) in [4.78, 5) is 45.5. The number of hydrogen-bond acceptors (Lipinski definition) is 4. The van der Waals surface area contributed by atoms with Gasteiger partial charge in [-0.25, -0.2) is 4.79 Å². The van der Waals surface area contributed by atoms with Crippen LogP contribution in [0.2, 0.25) is 0 Å². The summed E-state index contributed by atoms with van der Waals surface area (Å²) < 4.78 is 41.7. The Hall–Kier alpha value is -3.08. The van der Waals surface area contributed by atoms with Crippen molar-refractivity contribution in [1.82, 2.24) is 25.3 Å². The highest BCUT2D eigenvalue weighted by Gasteiger charge is 2.48. The van der Waals surface area contributed by atoms with Crippen molar-refractivity contribution in [1.29, 1.82) is 0 Å². The molecule has 1 aromatic carbocycles. The maximum atomic E-state index is 13.9. The molecule has 208 valence electrons. The normalized spacial score (nSPS) is 22.2. The molecule has 11 heteroatoms. The van der Waals surface area contributed by atoms with Crippen LogP contribution in [0.3, 0.4) is 0 Å². The highest BCUT2D eigenvalue weighted by Crippen LogP contribution is 2.42. The molecule has 4 rings (SSSR count). The Morgan fingerprint density at radius 3 is 2.42 bits per heavy atom. The number of carbonyl (C=O) groups is 3. The van der Waals surface area contributed by atoms with E-state index in [9.17, 15) is 27.6 Å². The van der Waals surface area contributed by atoms with Gasteiger partial charge in [-0.2, -0.15) is 13.2 Å². The van der Waals surface area contributed by atoms with E-state index in [1.807, 2.05) is 20.9 Å². The molecule has 0 spiro atoms. The molecule has 3 aliphatic rings. The Bertz CT molecular complexity index is 1110. The van der Waals surface area contributed by atoms with Crippen LogP contribution in [0, 0.1) is 5.92 Å². The number of urea groups is 1. The van der Waals surface area contributed by atoms with Gasteiger partial charge in [-0.05, 0) is 63.9 Å². The third-order valence-electron chi connectivity index (χ3n) is 7.58. The minimum Gasteiger partial charge on any atom is -0.351 e. The molecule has 3 heterocycles. The van der Waals surface area contributed by atoms with Gasteiger partial charge in [0.05, 0.1) is 29.4 Å². The predicted octanol–water partition coefficient (Wildman–Crippen LogP) is 3.51. The van der Waals surface area contributed by atoms with Crippen molar-refractivity contribution in [2.45, 2.75) is 64.3 Å². The first-order valence-electron chi connectivity index (χ1n) is 13.2. The topological polar surface area (TPSA) is 85.0 Å². The number of rotatable bonds is 7. The van der Waals surface area contributed by atoms with Gasteiger partial charge in [0.2, 0.25) is 5.91 Å². The molecule has 1 saturated heterocycles. The van der Waals surface area contributed by atoms with Crippen molar-refractivity contribution in [3.63, 3.8) is 0 Å². The fourth-order valence-electron chi connectivity index (χ4n) is 5.61. The highest BCUT2D eigenvalue weighted by atomic mass is 19.4. The summed E-state index contributed by atoms with van der Waals surface area (Å²) >= 11 is 0. The quantitative estimate of drug-likeness (QED) is 0.560. The molecule has 0 unspecified atom stereocenters. The lowest BCUT2D eigenvalue weighted by atomic mass is 9.91. The standard InChI is InChI=1S/C27H36F3N5O3/c1-5-34-21-15-35(20(14-16(2)3)24(36)31-17-10-12-33(4)13-11-17)25(37)22(21)23(32-26(34)38)18-8-6-7-9-19(18)27(28,29)30/h6-9,16-17,20,23H,5,10-15H2,1-4H3,(H,31,36)(H,32,38)/t20-,23-/m1/s1. The number of likely N-dealkylation sites (tertiary alicyclic amines) is 1. The second-order valence-corrected chi connectivity index (χ2v) is 10.7. The van der Waals surface area contributed by atoms with E-state index >= 15 is 0 Å². The van der Waals surface area contributed by atoms with Gasteiger partial charge >= 0.3 is 12.2 Å². The zero-order valence-electron chi connectivity index (χ0n) is 22.3. The molecule has 1 fully saturated rings. The lowest BCUT2D eigenvalue weighted by molar-refractivity contribution is -0.139. The van der Waals surface area contributed by atoms with Crippen LogP contribution in [-0.4, -0.2) is 77.9 Å². The average molecular weight is 536 g/mol. The van der Waals surface area contributed by atoms with E-state index in [0.29, 0.717) is 12.1 Å². The highest BCUT2D eigenvalue weighted by molar-refractivity contribution is 6.03. The van der Waals surface area contributed by atoms with Crippen LogP contribution in [-0.2, 0) is 15.8 Å². The van der Waals surface area contributed by atoms with E-state index in [1.54, 1.807) is 6.92 Å². The average Bonchev–Trinajstić information content (AvgIpc) is 3.19. The van der Waals surface area contributed by atoms with Crippen molar-refractivity contribution in [3.8, 4) is 0 Å². The van der Waals surface area contributed by atoms with Crippen molar-refractivity contribution < 1.29 is 27.6 Å². The van der Waals surface area contributed by atoms with Gasteiger partial charge in [-0.1, -0.05) is 32.0 Å². The van der Waals surface area contributed by atoms with E-state index in [2.05, 4.69) is 15.5 Å². The summed E-state index contributed by atoms with van der Waals surface area (Å²) in [6.07, 6.45) is -2.67. The van der Waals surface area contributed by atoms with E-state index in [4.69, 9.17) is 0 Å². The van der Waals surface area contributed by atoms with Gasteiger partial charge in [0.1, 0.15) is 6.04 Å². The molecule has 0 saturated carbocycles. The summed E-state index contributed by atoms with van der Waals surface area (Å²) in [5.74, 6) is -0.710. The summed E-state index contributed by atoms with van der Waals surface area (Å²) in [6, 6.07) is 2.31. The minimum absolute atomic E-state index is 0.00422. The van der Waals surface area contributed by atoms with E-state index in [-0.39, 0.29) is 42.1 Å². The van der Waals surface area contributed by atoms with Gasteiger partial charge in [-0.3, -0.25) is 14.5 Å². The Labute approximate surface area is 221 Å².